The topological polar surface area (TPSA) is 58.1 Å². The number of aromatic nitrogens is 2. The molecule has 1 aliphatic rings. The van der Waals surface area contributed by atoms with Crippen LogP contribution >= 0.6 is 0 Å². The molecule has 5 heteroatoms. The number of nitrogens with zero attached hydrogens (tertiary/aromatic N) is 3. The molecule has 1 amide bonds. The van der Waals surface area contributed by atoms with Crippen LogP contribution in [0.3, 0.4) is 0 Å². The number of hydrogen-bond acceptors (Lipinski definition) is 4. The van der Waals surface area contributed by atoms with Gasteiger partial charge in [-0.2, -0.15) is 0 Å². The van der Waals surface area contributed by atoms with E-state index in [2.05, 4.69) is 27.1 Å². The number of benzene rings is 1. The Bertz CT molecular complexity index is 706. The van der Waals surface area contributed by atoms with E-state index in [1.807, 2.05) is 25.1 Å². The molecule has 0 spiro atoms. The molecular formula is C19H24N4O. The van der Waals surface area contributed by atoms with Gasteiger partial charge in [-0.3, -0.25) is 4.79 Å². The lowest BCUT2D eigenvalue weighted by molar-refractivity contribution is 0.102. The Hall–Kier alpha value is -2.43. The molecule has 2 heterocycles. The van der Waals surface area contributed by atoms with Gasteiger partial charge in [-0.15, -0.1) is 0 Å². The molecule has 1 N–H and O–H groups in total. The van der Waals surface area contributed by atoms with E-state index >= 15 is 0 Å². The molecule has 1 saturated heterocycles. The van der Waals surface area contributed by atoms with Gasteiger partial charge < -0.3 is 10.2 Å². The van der Waals surface area contributed by atoms with Gasteiger partial charge in [-0.25, -0.2) is 9.97 Å². The molecule has 1 fully saturated rings. The Morgan fingerprint density at radius 1 is 1.17 bits per heavy atom. The number of hydrogen-bond donors (Lipinski definition) is 1. The molecule has 1 aromatic carbocycles. The van der Waals surface area contributed by atoms with Gasteiger partial charge >= 0.3 is 0 Å². The summed E-state index contributed by atoms with van der Waals surface area (Å²) in [4.78, 5) is 23.5. The lowest BCUT2D eigenvalue weighted by Gasteiger charge is -2.26. The molecule has 2 aromatic rings. The molecule has 0 radical (unpaired) electrons. The van der Waals surface area contributed by atoms with Crippen molar-refractivity contribution < 1.29 is 4.79 Å². The highest BCUT2D eigenvalue weighted by Gasteiger charge is 2.15. The molecule has 5 nitrogen and oxygen atoms in total. The highest BCUT2D eigenvalue weighted by molar-refractivity contribution is 6.04. The molecule has 0 aliphatic carbocycles. The van der Waals surface area contributed by atoms with E-state index in [1.165, 1.54) is 19.3 Å². The third-order valence-electron chi connectivity index (χ3n) is 4.52. The molecule has 24 heavy (non-hydrogen) atoms. The van der Waals surface area contributed by atoms with Gasteiger partial charge in [0.15, 0.2) is 0 Å². The molecule has 1 aromatic heterocycles. The van der Waals surface area contributed by atoms with E-state index in [9.17, 15) is 4.79 Å². The Balaban J connectivity index is 1.74. The lowest BCUT2D eigenvalue weighted by Crippen LogP contribution is -2.31. The molecule has 0 bridgehead atoms. The number of carbonyl (C=O) groups is 1. The van der Waals surface area contributed by atoms with Crippen molar-refractivity contribution in [2.45, 2.75) is 39.5 Å². The number of nitrogens with one attached hydrogen (secondary N) is 1. The van der Waals surface area contributed by atoms with Crippen LogP contribution in [0.2, 0.25) is 0 Å². The predicted molar refractivity (Wildman–Crippen MR) is 96.6 cm³/mol. The minimum Gasteiger partial charge on any atom is -0.341 e. The average molecular weight is 324 g/mol. The average Bonchev–Trinajstić information content (AvgIpc) is 2.64. The highest BCUT2D eigenvalue weighted by atomic mass is 16.1. The van der Waals surface area contributed by atoms with Gasteiger partial charge in [0.2, 0.25) is 5.95 Å². The number of anilines is 2. The van der Waals surface area contributed by atoms with Crippen LogP contribution in [0.25, 0.3) is 0 Å². The summed E-state index contributed by atoms with van der Waals surface area (Å²) in [5.41, 5.74) is 3.58. The van der Waals surface area contributed by atoms with Gasteiger partial charge in [0.1, 0.15) is 0 Å². The van der Waals surface area contributed by atoms with E-state index in [4.69, 9.17) is 0 Å². The van der Waals surface area contributed by atoms with E-state index in [1.54, 1.807) is 12.4 Å². The van der Waals surface area contributed by atoms with Crippen molar-refractivity contribution in [1.29, 1.82) is 0 Å². The molecule has 1 aliphatic heterocycles. The Morgan fingerprint density at radius 2 is 1.88 bits per heavy atom. The fraction of sp³-hybridized carbons (Fsp3) is 0.421. The first-order valence-corrected chi connectivity index (χ1v) is 8.66. The Labute approximate surface area is 143 Å². The molecular weight excluding hydrogens is 300 g/mol. The summed E-state index contributed by atoms with van der Waals surface area (Å²) in [6.07, 6.45) is 7.75. The quantitative estimate of drug-likeness (QED) is 0.934. The van der Waals surface area contributed by atoms with Crippen molar-refractivity contribution >= 4 is 17.5 Å². The van der Waals surface area contributed by atoms with Crippen LogP contribution in [0.4, 0.5) is 11.6 Å². The summed E-state index contributed by atoms with van der Waals surface area (Å²) < 4.78 is 0. The number of aryl methyl sites for hydroxylation is 2. The maximum atomic E-state index is 12.5. The van der Waals surface area contributed by atoms with E-state index < -0.39 is 0 Å². The van der Waals surface area contributed by atoms with Crippen molar-refractivity contribution in [1.82, 2.24) is 9.97 Å². The predicted octanol–water partition coefficient (Wildman–Crippen LogP) is 3.59. The van der Waals surface area contributed by atoms with Crippen LogP contribution in [0.15, 0.2) is 30.6 Å². The van der Waals surface area contributed by atoms with Crippen molar-refractivity contribution in [2.75, 3.05) is 23.3 Å². The van der Waals surface area contributed by atoms with Gasteiger partial charge in [0.05, 0.1) is 5.56 Å². The number of para-hydroxylation sites is 1. The fourth-order valence-corrected chi connectivity index (χ4v) is 3.08. The van der Waals surface area contributed by atoms with E-state index in [0.717, 1.165) is 42.3 Å². The lowest BCUT2D eigenvalue weighted by atomic mass is 10.1. The standard InChI is InChI=1S/C19H24N4O/c1-3-15-9-7-8-14(2)17(15)22-18(24)16-12-20-19(21-13-16)23-10-5-4-6-11-23/h7-9,12-13H,3-6,10-11H2,1-2H3,(H,22,24). The Morgan fingerprint density at radius 3 is 2.54 bits per heavy atom. The van der Waals surface area contributed by atoms with Crippen LogP contribution < -0.4 is 10.2 Å². The highest BCUT2D eigenvalue weighted by Crippen LogP contribution is 2.22. The van der Waals surface area contributed by atoms with E-state index in [-0.39, 0.29) is 5.91 Å². The zero-order chi connectivity index (χ0) is 16.9. The minimum atomic E-state index is -0.163. The van der Waals surface area contributed by atoms with Crippen LogP contribution in [0.1, 0.15) is 47.7 Å². The maximum Gasteiger partial charge on any atom is 0.258 e. The van der Waals surface area contributed by atoms with Gasteiger partial charge in [0.25, 0.3) is 5.91 Å². The monoisotopic (exact) mass is 324 g/mol. The molecule has 0 saturated carbocycles. The van der Waals surface area contributed by atoms with Crippen LogP contribution in [0.5, 0.6) is 0 Å². The van der Waals surface area contributed by atoms with Crippen molar-refractivity contribution in [3.63, 3.8) is 0 Å². The molecule has 3 rings (SSSR count). The summed E-state index contributed by atoms with van der Waals surface area (Å²) in [7, 11) is 0. The first-order valence-electron chi connectivity index (χ1n) is 8.66. The summed E-state index contributed by atoms with van der Waals surface area (Å²) in [5.74, 6) is 0.556. The SMILES string of the molecule is CCc1cccc(C)c1NC(=O)c1cnc(N2CCCCC2)nc1. The van der Waals surface area contributed by atoms with Crippen molar-refractivity contribution in [3.8, 4) is 0 Å². The number of piperidine rings is 1. The zero-order valence-corrected chi connectivity index (χ0v) is 14.4. The van der Waals surface area contributed by atoms with Crippen molar-refractivity contribution in [3.05, 3.63) is 47.3 Å². The molecule has 126 valence electrons. The van der Waals surface area contributed by atoms with Gasteiger partial charge in [-0.1, -0.05) is 25.1 Å². The first kappa shape index (κ1) is 16.4. The molecule has 0 atom stereocenters. The number of rotatable bonds is 4. The number of amides is 1. The third-order valence-corrected chi connectivity index (χ3v) is 4.52. The Kier molecular flexibility index (Phi) is 5.08. The fourth-order valence-electron chi connectivity index (χ4n) is 3.08. The second-order valence-electron chi connectivity index (χ2n) is 6.24. The van der Waals surface area contributed by atoms with Crippen LogP contribution in [-0.2, 0) is 6.42 Å². The third kappa shape index (κ3) is 3.55. The first-order chi connectivity index (χ1) is 11.7. The van der Waals surface area contributed by atoms with Crippen LogP contribution in [-0.4, -0.2) is 29.0 Å². The minimum absolute atomic E-state index is 0.163. The summed E-state index contributed by atoms with van der Waals surface area (Å²) in [6, 6.07) is 6.06. The van der Waals surface area contributed by atoms with Gasteiger partial charge in [-0.05, 0) is 43.7 Å². The summed E-state index contributed by atoms with van der Waals surface area (Å²) in [5, 5.41) is 3.01. The maximum absolute atomic E-state index is 12.5. The normalized spacial score (nSPS) is 14.5. The summed E-state index contributed by atoms with van der Waals surface area (Å²) in [6.45, 7) is 6.08. The second-order valence-corrected chi connectivity index (χ2v) is 6.24. The number of carbonyl (C=O) groups excluding carboxylic acids is 1. The van der Waals surface area contributed by atoms with Crippen molar-refractivity contribution in [2.24, 2.45) is 0 Å². The largest absolute Gasteiger partial charge is 0.341 e. The molecule has 0 unspecified atom stereocenters. The van der Waals surface area contributed by atoms with E-state index in [0.29, 0.717) is 5.56 Å². The smallest absolute Gasteiger partial charge is 0.258 e. The summed E-state index contributed by atoms with van der Waals surface area (Å²) >= 11 is 0. The van der Waals surface area contributed by atoms with Crippen LogP contribution in [0, 0.1) is 6.92 Å². The zero-order valence-electron chi connectivity index (χ0n) is 14.4. The second kappa shape index (κ2) is 7.43. The van der Waals surface area contributed by atoms with Gasteiger partial charge in [0, 0.05) is 31.2 Å².